The fraction of sp³-hybridized carbons (Fsp3) is 0.611. The van der Waals surface area contributed by atoms with Gasteiger partial charge in [0, 0.05) is 26.0 Å². The maximum atomic E-state index is 12.1. The summed E-state index contributed by atoms with van der Waals surface area (Å²) < 4.78 is 48.6. The van der Waals surface area contributed by atoms with Crippen LogP contribution in [0.3, 0.4) is 0 Å². The quantitative estimate of drug-likeness (QED) is 0.773. The van der Waals surface area contributed by atoms with Crippen molar-refractivity contribution in [1.82, 2.24) is 9.88 Å². The molecule has 3 rings (SSSR count). The topological polar surface area (TPSA) is 98.2 Å². The average molecular weight is 420 g/mol. The summed E-state index contributed by atoms with van der Waals surface area (Å²) in [4.78, 5) is 27.0. The van der Waals surface area contributed by atoms with Crippen LogP contribution in [-0.4, -0.2) is 78.2 Å². The molecule has 0 spiro atoms. The molecule has 1 amide bonds. The van der Waals surface area contributed by atoms with E-state index in [1.807, 2.05) is 23.2 Å². The van der Waals surface area contributed by atoms with Gasteiger partial charge in [-0.3, -0.25) is 9.78 Å². The Bertz CT molecular complexity index is 673. The highest BCUT2D eigenvalue weighted by Gasteiger charge is 2.44. The first-order valence-corrected chi connectivity index (χ1v) is 8.94. The first-order chi connectivity index (χ1) is 13.7. The zero-order valence-electron chi connectivity index (χ0n) is 15.8. The lowest BCUT2D eigenvalue weighted by Crippen LogP contribution is -2.54. The Labute approximate surface area is 165 Å². The van der Waals surface area contributed by atoms with E-state index in [9.17, 15) is 18.0 Å². The molecule has 1 saturated heterocycles. The zero-order chi connectivity index (χ0) is 21.4. The lowest BCUT2D eigenvalue weighted by atomic mass is 10.1. The van der Waals surface area contributed by atoms with Crippen molar-refractivity contribution in [3.8, 4) is 0 Å². The molecule has 8 nitrogen and oxygen atoms in total. The molecule has 162 valence electrons. The SMILES string of the molecule is COCC(=O)N1CCO[C@H]2[C@H](OCc3cccnc3)CC[C@@H]21.O=C(O)C(F)(F)F. The molecule has 2 fully saturated rings. The monoisotopic (exact) mass is 420 g/mol. The van der Waals surface area contributed by atoms with E-state index in [4.69, 9.17) is 24.1 Å². The second-order valence-electron chi connectivity index (χ2n) is 6.51. The Balaban J connectivity index is 0.000000370. The number of ether oxygens (including phenoxy) is 3. The maximum absolute atomic E-state index is 12.1. The largest absolute Gasteiger partial charge is 0.490 e. The number of fused-ring (bicyclic) bond motifs is 1. The number of nitrogens with zero attached hydrogens (tertiary/aromatic N) is 2. The highest BCUT2D eigenvalue weighted by atomic mass is 19.4. The van der Waals surface area contributed by atoms with Gasteiger partial charge >= 0.3 is 12.1 Å². The van der Waals surface area contributed by atoms with Gasteiger partial charge in [0.2, 0.25) is 5.91 Å². The third kappa shape index (κ3) is 6.65. The van der Waals surface area contributed by atoms with Crippen LogP contribution in [0.4, 0.5) is 13.2 Å². The average Bonchev–Trinajstić information content (AvgIpc) is 3.10. The van der Waals surface area contributed by atoms with Crippen LogP contribution in [0.25, 0.3) is 0 Å². The Morgan fingerprint density at radius 2 is 2.10 bits per heavy atom. The molecular formula is C18H23F3N2O6. The fourth-order valence-corrected chi connectivity index (χ4v) is 3.30. The summed E-state index contributed by atoms with van der Waals surface area (Å²) in [5.74, 6) is -2.72. The van der Waals surface area contributed by atoms with Crippen molar-refractivity contribution in [3.05, 3.63) is 30.1 Å². The predicted molar refractivity (Wildman–Crippen MR) is 92.9 cm³/mol. The summed E-state index contributed by atoms with van der Waals surface area (Å²) in [6.07, 6.45) is 0.292. The number of halogens is 3. The summed E-state index contributed by atoms with van der Waals surface area (Å²) in [5, 5.41) is 7.12. The van der Waals surface area contributed by atoms with Crippen LogP contribution in [0.5, 0.6) is 0 Å². The van der Waals surface area contributed by atoms with Crippen molar-refractivity contribution >= 4 is 11.9 Å². The van der Waals surface area contributed by atoms with Crippen molar-refractivity contribution in [3.63, 3.8) is 0 Å². The van der Waals surface area contributed by atoms with Crippen LogP contribution in [0.2, 0.25) is 0 Å². The van der Waals surface area contributed by atoms with Gasteiger partial charge in [0.25, 0.3) is 0 Å². The van der Waals surface area contributed by atoms with E-state index < -0.39 is 12.1 Å². The summed E-state index contributed by atoms with van der Waals surface area (Å²) >= 11 is 0. The molecule has 2 aliphatic rings. The second kappa shape index (κ2) is 10.5. The predicted octanol–water partition coefficient (Wildman–Crippen LogP) is 1.64. The number of methoxy groups -OCH3 is 1. The van der Waals surface area contributed by atoms with Crippen molar-refractivity contribution < 1.29 is 42.1 Å². The molecule has 11 heteroatoms. The number of carboxylic acid groups (broad SMARTS) is 1. The number of morpholine rings is 1. The van der Waals surface area contributed by atoms with E-state index in [0.29, 0.717) is 19.8 Å². The first kappa shape index (κ1) is 23.0. The number of amides is 1. The van der Waals surface area contributed by atoms with Gasteiger partial charge in [0.05, 0.1) is 25.4 Å². The molecule has 1 N–H and O–H groups in total. The van der Waals surface area contributed by atoms with Crippen LogP contribution >= 0.6 is 0 Å². The minimum Gasteiger partial charge on any atom is -0.475 e. The number of carboxylic acids is 1. The second-order valence-corrected chi connectivity index (χ2v) is 6.51. The smallest absolute Gasteiger partial charge is 0.475 e. The third-order valence-corrected chi connectivity index (χ3v) is 4.55. The van der Waals surface area contributed by atoms with Gasteiger partial charge in [0.1, 0.15) is 12.7 Å². The zero-order valence-corrected chi connectivity index (χ0v) is 15.8. The minimum atomic E-state index is -5.08. The van der Waals surface area contributed by atoms with E-state index in [-0.39, 0.29) is 30.8 Å². The molecule has 0 unspecified atom stereocenters. The summed E-state index contributed by atoms with van der Waals surface area (Å²) in [5.41, 5.74) is 1.05. The fourth-order valence-electron chi connectivity index (χ4n) is 3.30. The van der Waals surface area contributed by atoms with E-state index in [0.717, 1.165) is 18.4 Å². The number of aliphatic carboxylic acids is 1. The summed E-state index contributed by atoms with van der Waals surface area (Å²) in [6, 6.07) is 4.00. The summed E-state index contributed by atoms with van der Waals surface area (Å²) in [6.45, 7) is 1.85. The Hall–Kier alpha value is -2.24. The molecule has 29 heavy (non-hydrogen) atoms. The van der Waals surface area contributed by atoms with Gasteiger partial charge in [0.15, 0.2) is 0 Å². The van der Waals surface area contributed by atoms with Crippen molar-refractivity contribution in [1.29, 1.82) is 0 Å². The summed E-state index contributed by atoms with van der Waals surface area (Å²) in [7, 11) is 1.55. The lowest BCUT2D eigenvalue weighted by Gasteiger charge is -2.39. The molecule has 0 bridgehead atoms. The van der Waals surface area contributed by atoms with Crippen LogP contribution in [0.1, 0.15) is 18.4 Å². The van der Waals surface area contributed by atoms with Crippen molar-refractivity contribution in [2.24, 2.45) is 0 Å². The normalized spacial score (nSPS) is 23.7. The van der Waals surface area contributed by atoms with Gasteiger partial charge in [-0.05, 0) is 24.5 Å². The standard InChI is InChI=1S/C16H22N2O4.C2HF3O2/c1-20-11-15(19)18-7-8-21-16-13(18)4-5-14(16)22-10-12-3-2-6-17-9-12;3-2(4,5)1(6)7/h2-3,6,9,13-14,16H,4-5,7-8,10-11H2,1H3;(H,6,7)/t13-,14+,16+;/m0./s1. The van der Waals surface area contributed by atoms with Crippen molar-refractivity contribution in [2.75, 3.05) is 26.9 Å². The van der Waals surface area contributed by atoms with E-state index in [1.165, 1.54) is 0 Å². The maximum Gasteiger partial charge on any atom is 0.490 e. The highest BCUT2D eigenvalue weighted by molar-refractivity contribution is 5.78. The van der Waals surface area contributed by atoms with Gasteiger partial charge in [-0.25, -0.2) is 4.79 Å². The number of rotatable bonds is 5. The molecule has 1 aromatic rings. The molecule has 3 atom stereocenters. The van der Waals surface area contributed by atoms with Crippen LogP contribution in [0.15, 0.2) is 24.5 Å². The van der Waals surface area contributed by atoms with Crippen LogP contribution < -0.4 is 0 Å². The molecule has 0 aromatic carbocycles. The number of hydrogen-bond donors (Lipinski definition) is 1. The molecule has 2 heterocycles. The van der Waals surface area contributed by atoms with E-state index in [2.05, 4.69) is 4.98 Å². The van der Waals surface area contributed by atoms with E-state index in [1.54, 1.807) is 13.3 Å². The number of carbonyl (C=O) groups excluding carboxylic acids is 1. The molecule has 1 aromatic heterocycles. The molecule has 1 aliphatic heterocycles. The van der Waals surface area contributed by atoms with Gasteiger partial charge < -0.3 is 24.2 Å². The first-order valence-electron chi connectivity index (χ1n) is 8.94. The number of carbonyl (C=O) groups is 2. The molecule has 1 aliphatic carbocycles. The molecule has 1 saturated carbocycles. The molecular weight excluding hydrogens is 397 g/mol. The number of pyridine rings is 1. The van der Waals surface area contributed by atoms with E-state index >= 15 is 0 Å². The third-order valence-electron chi connectivity index (χ3n) is 4.55. The van der Waals surface area contributed by atoms with Crippen LogP contribution in [-0.2, 0) is 30.4 Å². The Morgan fingerprint density at radius 1 is 1.38 bits per heavy atom. The van der Waals surface area contributed by atoms with Gasteiger partial charge in [-0.1, -0.05) is 6.07 Å². The van der Waals surface area contributed by atoms with Gasteiger partial charge in [-0.15, -0.1) is 0 Å². The number of hydrogen-bond acceptors (Lipinski definition) is 6. The van der Waals surface area contributed by atoms with Crippen LogP contribution in [0, 0.1) is 0 Å². The highest BCUT2D eigenvalue weighted by Crippen LogP contribution is 2.32. The Kier molecular flexibility index (Phi) is 8.35. The minimum absolute atomic E-state index is 0.0309. The van der Waals surface area contributed by atoms with Crippen molar-refractivity contribution in [2.45, 2.75) is 43.9 Å². The Morgan fingerprint density at radius 3 is 2.69 bits per heavy atom. The molecule has 0 radical (unpaired) electrons. The number of aromatic nitrogens is 1. The number of alkyl halides is 3. The lowest BCUT2D eigenvalue weighted by molar-refractivity contribution is -0.192. The van der Waals surface area contributed by atoms with Gasteiger partial charge in [-0.2, -0.15) is 13.2 Å².